The number of fused-ring (bicyclic) bond motifs is 1. The second-order valence-corrected chi connectivity index (χ2v) is 24.9. The van der Waals surface area contributed by atoms with E-state index < -0.39 is 22.9 Å². The van der Waals surface area contributed by atoms with Gasteiger partial charge in [0.05, 0.1) is 25.1 Å². The lowest BCUT2D eigenvalue weighted by molar-refractivity contribution is -0.0451. The first-order chi connectivity index (χ1) is 19.0. The molecular formula is C30H49N5O3SSi2. The molecule has 41 heavy (non-hydrogen) atoms. The van der Waals surface area contributed by atoms with Crippen LogP contribution in [0.3, 0.4) is 0 Å². The summed E-state index contributed by atoms with van der Waals surface area (Å²) in [6, 6.07) is 10.6. The number of nitrogens with two attached hydrogens (primary N) is 1. The van der Waals surface area contributed by atoms with Crippen molar-refractivity contribution in [2.45, 2.75) is 108 Å². The molecule has 4 atom stereocenters. The molecule has 2 N–H and O–H groups in total. The summed E-state index contributed by atoms with van der Waals surface area (Å²) >= 11 is 1.88. The molecule has 1 aliphatic rings. The molecule has 0 radical (unpaired) electrons. The Morgan fingerprint density at radius 3 is 2.24 bits per heavy atom. The van der Waals surface area contributed by atoms with E-state index in [9.17, 15) is 0 Å². The van der Waals surface area contributed by atoms with Gasteiger partial charge in [-0.15, -0.1) is 11.8 Å². The number of ether oxygens (including phenoxy) is 1. The number of rotatable bonds is 10. The molecule has 0 amide bonds. The van der Waals surface area contributed by atoms with Gasteiger partial charge < -0.3 is 19.3 Å². The molecule has 0 saturated carbocycles. The van der Waals surface area contributed by atoms with Crippen molar-refractivity contribution < 1.29 is 13.6 Å². The Labute approximate surface area is 252 Å². The number of aromatic nitrogens is 4. The summed E-state index contributed by atoms with van der Waals surface area (Å²) in [5.74, 6) is 1.45. The number of nitrogen functional groups attached to an aromatic ring is 1. The van der Waals surface area contributed by atoms with E-state index in [1.807, 2.05) is 16.3 Å². The summed E-state index contributed by atoms with van der Waals surface area (Å²) in [6.07, 6.45) is 3.48. The third-order valence-electron chi connectivity index (χ3n) is 9.27. The molecule has 226 valence electrons. The highest BCUT2D eigenvalue weighted by Crippen LogP contribution is 2.46. The number of thioether (sulfide) groups is 1. The zero-order valence-corrected chi connectivity index (χ0v) is 29.3. The molecule has 0 unspecified atom stereocenters. The predicted octanol–water partition coefficient (Wildman–Crippen LogP) is 7.52. The van der Waals surface area contributed by atoms with Crippen LogP contribution in [0, 0.1) is 5.92 Å². The topological polar surface area (TPSA) is 97.3 Å². The second-order valence-electron chi connectivity index (χ2n) is 14.2. The van der Waals surface area contributed by atoms with Crippen molar-refractivity contribution >= 4 is 45.4 Å². The van der Waals surface area contributed by atoms with Gasteiger partial charge in [0, 0.05) is 10.8 Å². The van der Waals surface area contributed by atoms with Gasteiger partial charge in [-0.1, -0.05) is 59.7 Å². The molecule has 0 aliphatic carbocycles. The molecule has 1 aliphatic heterocycles. The SMILES string of the molecule is CC(C)(C)[Si](C)(C)OC[C@H]1O[C@@H](n2cnc3c(N)ncnc32)[C@H](O[Si](C)(C)C(C)(C)C)[C@H]1CCSc1ccccc1. The fraction of sp³-hybridized carbons (Fsp3) is 0.633. The molecule has 2 aromatic heterocycles. The standard InChI is InChI=1S/C30H49N5O3SSi2/c1-29(2,3)40(7,8)36-18-23-22(16-17-39-21-14-12-11-13-15-21)25(38-41(9,10)30(4,5)6)28(37-23)35-20-34-24-26(31)32-19-33-27(24)35/h11-15,19-20,22-23,25,28H,16-18H2,1-10H3,(H2,31,32,33)/t22-,23+,25+,28+/m0/s1. The predicted molar refractivity (Wildman–Crippen MR) is 174 cm³/mol. The highest BCUT2D eigenvalue weighted by atomic mass is 32.2. The van der Waals surface area contributed by atoms with Gasteiger partial charge in [0.25, 0.3) is 0 Å². The van der Waals surface area contributed by atoms with Crippen LogP contribution in [0.5, 0.6) is 0 Å². The van der Waals surface area contributed by atoms with Gasteiger partial charge in [-0.25, -0.2) is 15.0 Å². The van der Waals surface area contributed by atoms with Crippen LogP contribution in [0.25, 0.3) is 11.2 Å². The van der Waals surface area contributed by atoms with Gasteiger partial charge in [-0.3, -0.25) is 4.57 Å². The quantitative estimate of drug-likeness (QED) is 0.185. The van der Waals surface area contributed by atoms with E-state index in [4.69, 9.17) is 19.3 Å². The van der Waals surface area contributed by atoms with Crippen LogP contribution in [0.15, 0.2) is 47.9 Å². The maximum Gasteiger partial charge on any atom is 0.192 e. The number of benzene rings is 1. The van der Waals surface area contributed by atoms with Crippen LogP contribution in [-0.2, 0) is 13.6 Å². The number of anilines is 1. The lowest BCUT2D eigenvalue weighted by Gasteiger charge is -2.41. The molecule has 4 rings (SSSR count). The smallest absolute Gasteiger partial charge is 0.192 e. The van der Waals surface area contributed by atoms with E-state index in [0.717, 1.165) is 12.2 Å². The average molecular weight is 616 g/mol. The monoisotopic (exact) mass is 615 g/mol. The van der Waals surface area contributed by atoms with Crippen LogP contribution in [0.2, 0.25) is 36.3 Å². The van der Waals surface area contributed by atoms with Crippen molar-refractivity contribution in [1.82, 2.24) is 19.5 Å². The van der Waals surface area contributed by atoms with E-state index in [-0.39, 0.29) is 28.2 Å². The Morgan fingerprint density at radius 2 is 1.61 bits per heavy atom. The minimum Gasteiger partial charge on any atom is -0.414 e. The van der Waals surface area contributed by atoms with Gasteiger partial charge in [0.1, 0.15) is 11.8 Å². The highest BCUT2D eigenvalue weighted by Gasteiger charge is 2.51. The molecule has 11 heteroatoms. The van der Waals surface area contributed by atoms with Crippen molar-refractivity contribution in [3.8, 4) is 0 Å². The van der Waals surface area contributed by atoms with Crippen molar-refractivity contribution in [1.29, 1.82) is 0 Å². The van der Waals surface area contributed by atoms with Gasteiger partial charge in [0.15, 0.2) is 34.3 Å². The molecular weight excluding hydrogens is 567 g/mol. The number of nitrogens with zero attached hydrogens (tertiary/aromatic N) is 4. The Bertz CT molecular complexity index is 1310. The molecule has 0 spiro atoms. The largest absolute Gasteiger partial charge is 0.414 e. The Hall–Kier alpha value is -1.77. The second kappa shape index (κ2) is 12.1. The molecule has 3 heterocycles. The van der Waals surface area contributed by atoms with E-state index in [2.05, 4.69) is 113 Å². The summed E-state index contributed by atoms with van der Waals surface area (Å²) in [5.41, 5.74) is 7.41. The Kier molecular flexibility index (Phi) is 9.48. The average Bonchev–Trinajstić information content (AvgIpc) is 3.44. The summed E-state index contributed by atoms with van der Waals surface area (Å²) in [6.45, 7) is 23.4. The summed E-state index contributed by atoms with van der Waals surface area (Å²) < 4.78 is 23.0. The van der Waals surface area contributed by atoms with Crippen molar-refractivity contribution in [3.63, 3.8) is 0 Å². The highest BCUT2D eigenvalue weighted by molar-refractivity contribution is 7.99. The van der Waals surface area contributed by atoms with Crippen molar-refractivity contribution in [2.75, 3.05) is 18.1 Å². The zero-order valence-electron chi connectivity index (χ0n) is 26.5. The maximum atomic E-state index is 7.26. The van der Waals surface area contributed by atoms with Crippen LogP contribution in [0.1, 0.15) is 54.2 Å². The minimum atomic E-state index is -2.18. The molecule has 1 aromatic carbocycles. The fourth-order valence-corrected chi connectivity index (χ4v) is 7.89. The maximum absolute atomic E-state index is 7.26. The van der Waals surface area contributed by atoms with Crippen molar-refractivity contribution in [2.24, 2.45) is 5.92 Å². The van der Waals surface area contributed by atoms with Gasteiger partial charge in [0.2, 0.25) is 0 Å². The van der Waals surface area contributed by atoms with Crippen LogP contribution in [0.4, 0.5) is 5.82 Å². The normalized spacial score (nSPS) is 22.5. The van der Waals surface area contributed by atoms with Gasteiger partial charge in [-0.05, 0) is 60.6 Å². The van der Waals surface area contributed by atoms with E-state index in [1.165, 1.54) is 11.2 Å². The van der Waals surface area contributed by atoms with Crippen LogP contribution < -0.4 is 5.73 Å². The number of hydrogen-bond acceptors (Lipinski definition) is 8. The lowest BCUT2D eigenvalue weighted by Crippen LogP contribution is -2.48. The van der Waals surface area contributed by atoms with Crippen LogP contribution in [-0.4, -0.2) is 60.7 Å². The summed E-state index contributed by atoms with van der Waals surface area (Å²) in [7, 11) is -4.17. The van der Waals surface area contributed by atoms with Gasteiger partial charge in [-0.2, -0.15) is 0 Å². The molecule has 1 fully saturated rings. The van der Waals surface area contributed by atoms with Gasteiger partial charge >= 0.3 is 0 Å². The number of imidazole rings is 1. The molecule has 1 saturated heterocycles. The van der Waals surface area contributed by atoms with E-state index in [1.54, 1.807) is 6.33 Å². The lowest BCUT2D eigenvalue weighted by atomic mass is 9.95. The minimum absolute atomic E-state index is 0.0419. The fourth-order valence-electron chi connectivity index (χ4n) is 4.57. The van der Waals surface area contributed by atoms with Crippen LogP contribution >= 0.6 is 11.8 Å². The third kappa shape index (κ3) is 7.07. The first-order valence-electron chi connectivity index (χ1n) is 14.6. The molecule has 0 bridgehead atoms. The summed E-state index contributed by atoms with van der Waals surface area (Å²) in [5, 5.41) is 0.149. The Morgan fingerprint density at radius 1 is 0.951 bits per heavy atom. The molecule has 8 nitrogen and oxygen atoms in total. The first kappa shape index (κ1) is 32.2. The zero-order chi connectivity index (χ0) is 30.2. The van der Waals surface area contributed by atoms with Crippen molar-refractivity contribution in [3.05, 3.63) is 43.0 Å². The first-order valence-corrected chi connectivity index (χ1v) is 21.4. The summed E-state index contributed by atoms with van der Waals surface area (Å²) in [4.78, 5) is 14.5. The number of hydrogen-bond donors (Lipinski definition) is 1. The Balaban J connectivity index is 1.71. The van der Waals surface area contributed by atoms with E-state index in [0.29, 0.717) is 23.6 Å². The van der Waals surface area contributed by atoms with E-state index >= 15 is 0 Å². The molecule has 3 aromatic rings. The third-order valence-corrected chi connectivity index (χ3v) is 19.3.